The van der Waals surface area contributed by atoms with Crippen molar-refractivity contribution in [1.29, 1.82) is 0 Å². The molecule has 5 atom stereocenters. The van der Waals surface area contributed by atoms with Crippen LogP contribution in [0.1, 0.15) is 71.8 Å². The maximum Gasteiger partial charge on any atom is 0.408 e. The first-order chi connectivity index (χ1) is 21.9. The molecule has 4 aliphatic rings. The second kappa shape index (κ2) is 13.8. The number of amides is 4. The van der Waals surface area contributed by atoms with E-state index in [0.717, 1.165) is 18.4 Å². The average molecular weight is 641 g/mol. The fourth-order valence-corrected chi connectivity index (χ4v) is 5.89. The molecule has 1 aliphatic carbocycles. The molecule has 4 amide bonds. The molecule has 0 aromatic carbocycles. The van der Waals surface area contributed by atoms with E-state index in [0.29, 0.717) is 25.1 Å². The van der Waals surface area contributed by atoms with E-state index in [4.69, 9.17) is 14.3 Å². The minimum atomic E-state index is -1.09. The first-order valence-electron chi connectivity index (χ1n) is 16.0. The van der Waals surface area contributed by atoms with E-state index in [1.54, 1.807) is 45.3 Å². The molecule has 5 rings (SSSR count). The molecule has 1 aromatic heterocycles. The number of likely N-dealkylation sites (tertiary alicyclic amines) is 1. The van der Waals surface area contributed by atoms with Crippen LogP contribution in [0.25, 0.3) is 5.70 Å². The monoisotopic (exact) mass is 640 g/mol. The van der Waals surface area contributed by atoms with Gasteiger partial charge in [0.25, 0.3) is 5.91 Å². The first kappa shape index (κ1) is 33.3. The van der Waals surface area contributed by atoms with Crippen LogP contribution in [-0.4, -0.2) is 95.1 Å². The summed E-state index contributed by atoms with van der Waals surface area (Å²) in [6, 6.07) is 0.389. The highest BCUT2D eigenvalue weighted by atomic mass is 16.7. The molecule has 4 heterocycles. The number of hydrogen-bond donors (Lipinski definition) is 4. The van der Waals surface area contributed by atoms with Crippen molar-refractivity contribution in [1.82, 2.24) is 31.3 Å². The maximum atomic E-state index is 14.4. The molecular weight excluding hydrogens is 596 g/mol. The molecule has 0 unspecified atom stereocenters. The molecule has 46 heavy (non-hydrogen) atoms. The summed E-state index contributed by atoms with van der Waals surface area (Å²) >= 11 is 0. The number of rotatable bonds is 11. The van der Waals surface area contributed by atoms with E-state index >= 15 is 0 Å². The Morgan fingerprint density at radius 3 is 2.50 bits per heavy atom. The Balaban J connectivity index is 1.40. The van der Waals surface area contributed by atoms with Gasteiger partial charge in [-0.25, -0.2) is 4.79 Å². The molecule has 0 bridgehead atoms. The Kier molecular flexibility index (Phi) is 9.96. The van der Waals surface area contributed by atoms with Gasteiger partial charge in [0, 0.05) is 36.8 Å². The fraction of sp³-hybridized carbons (Fsp3) is 0.625. The van der Waals surface area contributed by atoms with Crippen molar-refractivity contribution in [3.8, 4) is 0 Å². The number of carbonyl (C=O) groups is 5. The van der Waals surface area contributed by atoms with Gasteiger partial charge in [-0.15, -0.1) is 0 Å². The van der Waals surface area contributed by atoms with Crippen LogP contribution in [0, 0.1) is 5.41 Å². The second-order valence-electron chi connectivity index (χ2n) is 13.5. The minimum Gasteiger partial charge on any atom is -0.444 e. The SMILES string of the molecule is CCC[C@H](NC(=O)[C@@H]1C[C@]2(C=C(c3ccncc3)NO2)CN1C(=O)[C@@H](NC(=O)O[C@H]1CCOC1)C(C)(C)C)C(=O)C(=O)NC1CC1. The number of pyridine rings is 1. The molecule has 2 saturated heterocycles. The lowest BCUT2D eigenvalue weighted by atomic mass is 9.85. The number of ether oxygens (including phenoxy) is 2. The van der Waals surface area contributed by atoms with E-state index in [2.05, 4.69) is 26.4 Å². The van der Waals surface area contributed by atoms with Crippen LogP contribution < -0.4 is 21.4 Å². The van der Waals surface area contributed by atoms with E-state index in [9.17, 15) is 24.0 Å². The van der Waals surface area contributed by atoms with Crippen molar-refractivity contribution in [2.45, 2.75) is 102 Å². The van der Waals surface area contributed by atoms with Crippen LogP contribution in [0.5, 0.6) is 0 Å². The van der Waals surface area contributed by atoms with E-state index in [1.807, 2.05) is 13.0 Å². The highest BCUT2D eigenvalue weighted by molar-refractivity contribution is 6.38. The summed E-state index contributed by atoms with van der Waals surface area (Å²) < 4.78 is 10.8. The van der Waals surface area contributed by atoms with Crippen molar-refractivity contribution in [3.05, 3.63) is 36.2 Å². The molecule has 3 aliphatic heterocycles. The highest BCUT2D eigenvalue weighted by Crippen LogP contribution is 2.38. The zero-order valence-corrected chi connectivity index (χ0v) is 26.8. The Hall–Kier alpha value is -4.04. The van der Waals surface area contributed by atoms with Crippen molar-refractivity contribution in [2.75, 3.05) is 19.8 Å². The van der Waals surface area contributed by atoms with Gasteiger partial charge in [0.2, 0.25) is 17.6 Å². The quantitative estimate of drug-likeness (QED) is 0.258. The fourth-order valence-electron chi connectivity index (χ4n) is 5.89. The third-order valence-corrected chi connectivity index (χ3v) is 8.59. The summed E-state index contributed by atoms with van der Waals surface area (Å²) in [6.07, 6.45) is 7.01. The number of hydroxylamine groups is 1. The number of Topliss-reactive ketones (excluding diaryl/α,β-unsaturated/α-hetero) is 1. The second-order valence-corrected chi connectivity index (χ2v) is 13.5. The standard InChI is InChI=1S/C32H44N6O8/c1-5-6-22(25(39)28(41)34-20-7-8-20)35-27(40)24-16-32(15-23(37-46-32)19-9-12-33-13-10-19)18-38(24)29(42)26(31(2,3)4)36-30(43)45-21-11-14-44-17-21/h9-10,12-13,15,20-22,24,26,37H,5-8,11,14,16-18H2,1-4H3,(H,34,41)(H,35,40)(H,36,43)/t21-,22-,24-,26+,32+/m0/s1. The molecule has 14 nitrogen and oxygen atoms in total. The van der Waals surface area contributed by atoms with Gasteiger partial charge in [0.1, 0.15) is 23.8 Å². The van der Waals surface area contributed by atoms with Crippen molar-refractivity contribution in [3.63, 3.8) is 0 Å². The summed E-state index contributed by atoms with van der Waals surface area (Å²) in [7, 11) is 0. The largest absolute Gasteiger partial charge is 0.444 e. The van der Waals surface area contributed by atoms with Crippen molar-refractivity contribution >= 4 is 35.3 Å². The number of nitrogens with zero attached hydrogens (tertiary/aromatic N) is 2. The van der Waals surface area contributed by atoms with Crippen LogP contribution in [0.2, 0.25) is 0 Å². The molecule has 1 spiro atoms. The van der Waals surface area contributed by atoms with E-state index in [-0.39, 0.29) is 32.0 Å². The molecule has 14 heteroatoms. The Labute approximate surface area is 268 Å². The van der Waals surface area contributed by atoms with Crippen molar-refractivity contribution in [2.24, 2.45) is 5.41 Å². The molecule has 4 N–H and O–H groups in total. The number of alkyl carbamates (subject to hydrolysis) is 1. The normalized spacial score (nSPS) is 25.3. The molecule has 3 fully saturated rings. The lowest BCUT2D eigenvalue weighted by molar-refractivity contribution is -0.144. The summed E-state index contributed by atoms with van der Waals surface area (Å²) in [5.74, 6) is -2.56. The van der Waals surface area contributed by atoms with Gasteiger partial charge >= 0.3 is 6.09 Å². The summed E-state index contributed by atoms with van der Waals surface area (Å²) in [4.78, 5) is 78.5. The van der Waals surface area contributed by atoms with Gasteiger partial charge in [-0.05, 0) is 42.9 Å². The third-order valence-electron chi connectivity index (χ3n) is 8.59. The Morgan fingerprint density at radius 1 is 1.13 bits per heavy atom. The summed E-state index contributed by atoms with van der Waals surface area (Å²) in [5.41, 5.74) is 2.53. The molecule has 1 saturated carbocycles. The number of carbonyl (C=O) groups excluding carboxylic acids is 5. The number of nitrogens with one attached hydrogen (secondary N) is 4. The zero-order chi connectivity index (χ0) is 33.1. The lowest BCUT2D eigenvalue weighted by Crippen LogP contribution is -2.59. The smallest absolute Gasteiger partial charge is 0.408 e. The van der Waals surface area contributed by atoms with Gasteiger partial charge in [0.05, 0.1) is 31.5 Å². The van der Waals surface area contributed by atoms with Crippen LogP contribution in [0.4, 0.5) is 4.79 Å². The number of ketones is 1. The Bertz CT molecular complexity index is 1350. The topological polar surface area (TPSA) is 177 Å². The van der Waals surface area contributed by atoms with E-state index < -0.39 is 64.8 Å². The van der Waals surface area contributed by atoms with E-state index in [1.165, 1.54) is 4.90 Å². The minimum absolute atomic E-state index is 0.0136. The first-order valence-corrected chi connectivity index (χ1v) is 16.0. The third kappa shape index (κ3) is 7.84. The van der Waals surface area contributed by atoms with Gasteiger partial charge in [-0.2, -0.15) is 0 Å². The van der Waals surface area contributed by atoms with Crippen LogP contribution in [0.3, 0.4) is 0 Å². The van der Waals surface area contributed by atoms with Crippen LogP contribution in [0.15, 0.2) is 30.6 Å². The zero-order valence-electron chi connectivity index (χ0n) is 26.8. The molecular formula is C32H44N6O8. The average Bonchev–Trinajstić information content (AvgIpc) is 3.37. The number of aromatic nitrogens is 1. The summed E-state index contributed by atoms with van der Waals surface area (Å²) in [6.45, 7) is 8.02. The molecule has 0 radical (unpaired) electrons. The van der Waals surface area contributed by atoms with Crippen LogP contribution >= 0.6 is 0 Å². The van der Waals surface area contributed by atoms with Gasteiger partial charge in [-0.3, -0.25) is 34.5 Å². The van der Waals surface area contributed by atoms with Crippen molar-refractivity contribution < 1.29 is 38.3 Å². The van der Waals surface area contributed by atoms with Gasteiger partial charge in [0.15, 0.2) is 0 Å². The van der Waals surface area contributed by atoms with Crippen LogP contribution in [-0.2, 0) is 33.5 Å². The predicted octanol–water partition coefficient (Wildman–Crippen LogP) is 1.36. The van der Waals surface area contributed by atoms with Gasteiger partial charge in [-0.1, -0.05) is 34.1 Å². The summed E-state index contributed by atoms with van der Waals surface area (Å²) in [5, 5.41) is 8.18. The predicted molar refractivity (Wildman–Crippen MR) is 164 cm³/mol. The molecule has 250 valence electrons. The molecule has 1 aromatic rings. The number of hydrogen-bond acceptors (Lipinski definition) is 10. The Morgan fingerprint density at radius 2 is 1.87 bits per heavy atom. The maximum absolute atomic E-state index is 14.4. The highest BCUT2D eigenvalue weighted by Gasteiger charge is 2.54. The lowest BCUT2D eigenvalue weighted by Gasteiger charge is -2.35. The van der Waals surface area contributed by atoms with Gasteiger partial charge < -0.3 is 30.3 Å².